The van der Waals surface area contributed by atoms with E-state index in [1.807, 2.05) is 48.5 Å². The average molecular weight is 462 g/mol. The van der Waals surface area contributed by atoms with Gasteiger partial charge in [0.15, 0.2) is 0 Å². The standard InChI is InChI=1S/C27H31N3O4/c1-28(2)27(34)21-11-7-19(8-12-21)18-5-9-20(10-6-18)26-22-14-29(24(32)13-17-3-4-17)15-25(33)30(22)23(26)16-31/h5-12,17,22-23,26,31H,3-4,13-16H2,1-2H3/t22-,23-,26+/m1/s1. The Morgan fingerprint density at radius 1 is 1.00 bits per heavy atom. The Morgan fingerprint density at radius 3 is 2.18 bits per heavy atom. The molecule has 3 amide bonds. The highest BCUT2D eigenvalue weighted by molar-refractivity contribution is 5.94. The molecule has 2 aromatic carbocycles. The molecular formula is C27H31N3O4. The van der Waals surface area contributed by atoms with Crippen LogP contribution in [0.3, 0.4) is 0 Å². The third-order valence-corrected chi connectivity index (χ3v) is 7.43. The van der Waals surface area contributed by atoms with Crippen LogP contribution in [-0.4, -0.2) is 83.4 Å². The Labute approximate surface area is 200 Å². The molecule has 0 aromatic heterocycles. The minimum Gasteiger partial charge on any atom is -0.394 e. The summed E-state index contributed by atoms with van der Waals surface area (Å²) in [5.41, 5.74) is 3.76. The Morgan fingerprint density at radius 2 is 1.62 bits per heavy atom. The van der Waals surface area contributed by atoms with Crippen LogP contribution in [0, 0.1) is 5.92 Å². The molecule has 3 aliphatic rings. The summed E-state index contributed by atoms with van der Waals surface area (Å²) in [6.07, 6.45) is 2.76. The van der Waals surface area contributed by atoms with E-state index in [-0.39, 0.29) is 48.9 Å². The Bertz CT molecular complexity index is 1090. The van der Waals surface area contributed by atoms with Gasteiger partial charge in [0.25, 0.3) is 5.91 Å². The first-order valence-corrected chi connectivity index (χ1v) is 12.0. The van der Waals surface area contributed by atoms with Crippen molar-refractivity contribution in [2.75, 3.05) is 33.8 Å². The van der Waals surface area contributed by atoms with E-state index in [4.69, 9.17) is 0 Å². The predicted molar refractivity (Wildman–Crippen MR) is 128 cm³/mol. The molecule has 1 N–H and O–H groups in total. The van der Waals surface area contributed by atoms with Gasteiger partial charge in [-0.2, -0.15) is 0 Å². The van der Waals surface area contributed by atoms with Crippen LogP contribution in [-0.2, 0) is 9.59 Å². The average Bonchev–Trinajstić information content (AvgIpc) is 3.64. The van der Waals surface area contributed by atoms with Gasteiger partial charge in [0.1, 0.15) is 0 Å². The van der Waals surface area contributed by atoms with Crippen molar-refractivity contribution in [2.24, 2.45) is 5.92 Å². The molecule has 178 valence electrons. The zero-order valence-electron chi connectivity index (χ0n) is 19.7. The smallest absolute Gasteiger partial charge is 0.253 e. The largest absolute Gasteiger partial charge is 0.394 e. The third kappa shape index (κ3) is 4.09. The normalized spacial score (nSPS) is 23.9. The number of carbonyl (C=O) groups is 3. The maximum Gasteiger partial charge on any atom is 0.253 e. The van der Waals surface area contributed by atoms with Crippen LogP contribution in [0.25, 0.3) is 11.1 Å². The summed E-state index contributed by atoms with van der Waals surface area (Å²) in [6, 6.07) is 15.4. The number of hydrogen-bond acceptors (Lipinski definition) is 4. The van der Waals surface area contributed by atoms with Gasteiger partial charge >= 0.3 is 0 Å². The molecule has 1 aliphatic carbocycles. The van der Waals surface area contributed by atoms with Crippen molar-refractivity contribution >= 4 is 17.7 Å². The lowest BCUT2D eigenvalue weighted by Crippen LogP contribution is -2.73. The van der Waals surface area contributed by atoms with Crippen LogP contribution in [0.15, 0.2) is 48.5 Å². The molecule has 34 heavy (non-hydrogen) atoms. The van der Waals surface area contributed by atoms with Gasteiger partial charge in [-0.25, -0.2) is 0 Å². The summed E-state index contributed by atoms with van der Waals surface area (Å²) < 4.78 is 0. The van der Waals surface area contributed by atoms with E-state index in [1.54, 1.807) is 28.8 Å². The van der Waals surface area contributed by atoms with E-state index in [1.165, 1.54) is 0 Å². The molecule has 2 heterocycles. The quantitative estimate of drug-likeness (QED) is 0.716. The van der Waals surface area contributed by atoms with E-state index in [0.29, 0.717) is 24.4 Å². The zero-order valence-corrected chi connectivity index (χ0v) is 19.7. The maximum absolute atomic E-state index is 12.8. The van der Waals surface area contributed by atoms with Crippen molar-refractivity contribution in [3.63, 3.8) is 0 Å². The van der Waals surface area contributed by atoms with Gasteiger partial charge in [0, 0.05) is 38.5 Å². The Hall–Kier alpha value is -3.19. The van der Waals surface area contributed by atoms with Gasteiger partial charge in [0.2, 0.25) is 11.8 Å². The van der Waals surface area contributed by atoms with Crippen LogP contribution >= 0.6 is 0 Å². The van der Waals surface area contributed by atoms with Gasteiger partial charge in [-0.3, -0.25) is 14.4 Å². The highest BCUT2D eigenvalue weighted by Gasteiger charge is 2.54. The molecule has 2 aliphatic heterocycles. The molecule has 3 atom stereocenters. The highest BCUT2D eigenvalue weighted by atomic mass is 16.3. The second-order valence-corrected chi connectivity index (χ2v) is 9.96. The van der Waals surface area contributed by atoms with E-state index in [0.717, 1.165) is 29.5 Å². The number of hydrogen-bond donors (Lipinski definition) is 1. The molecule has 1 saturated carbocycles. The third-order valence-electron chi connectivity index (χ3n) is 7.43. The van der Waals surface area contributed by atoms with Gasteiger partial charge in [-0.1, -0.05) is 36.4 Å². The molecule has 7 nitrogen and oxygen atoms in total. The number of benzene rings is 2. The zero-order chi connectivity index (χ0) is 24.0. The fourth-order valence-electron chi connectivity index (χ4n) is 5.35. The topological polar surface area (TPSA) is 81.2 Å². The van der Waals surface area contributed by atoms with Crippen LogP contribution in [0.2, 0.25) is 0 Å². The lowest BCUT2D eigenvalue weighted by Gasteiger charge is -2.58. The first kappa shape index (κ1) is 22.6. The summed E-state index contributed by atoms with van der Waals surface area (Å²) in [5.74, 6) is 0.469. The first-order chi connectivity index (χ1) is 16.4. The lowest BCUT2D eigenvalue weighted by molar-refractivity contribution is -0.167. The Balaban J connectivity index is 1.32. The van der Waals surface area contributed by atoms with Crippen LogP contribution in [0.5, 0.6) is 0 Å². The summed E-state index contributed by atoms with van der Waals surface area (Å²) in [4.78, 5) is 42.6. The van der Waals surface area contributed by atoms with E-state index >= 15 is 0 Å². The van der Waals surface area contributed by atoms with Crippen molar-refractivity contribution in [1.29, 1.82) is 0 Å². The molecule has 0 bridgehead atoms. The second kappa shape index (κ2) is 8.87. The number of fused-ring (bicyclic) bond motifs is 1. The minimum atomic E-state index is -0.250. The van der Waals surface area contributed by atoms with Gasteiger partial charge < -0.3 is 19.8 Å². The first-order valence-electron chi connectivity index (χ1n) is 12.0. The van der Waals surface area contributed by atoms with Gasteiger partial charge in [-0.05, 0) is 47.6 Å². The van der Waals surface area contributed by atoms with E-state index in [2.05, 4.69) is 0 Å². The summed E-state index contributed by atoms with van der Waals surface area (Å²) in [7, 11) is 3.47. The molecule has 0 spiro atoms. The molecule has 5 rings (SSSR count). The fourth-order valence-corrected chi connectivity index (χ4v) is 5.35. The molecular weight excluding hydrogens is 430 g/mol. The predicted octanol–water partition coefficient (Wildman–Crippen LogP) is 2.35. The summed E-state index contributed by atoms with van der Waals surface area (Å²) in [5, 5.41) is 10.0. The number of nitrogens with zero attached hydrogens (tertiary/aromatic N) is 3. The van der Waals surface area contributed by atoms with Crippen molar-refractivity contribution in [2.45, 2.75) is 37.3 Å². The highest BCUT2D eigenvalue weighted by Crippen LogP contribution is 2.43. The lowest BCUT2D eigenvalue weighted by atomic mass is 9.73. The maximum atomic E-state index is 12.8. The second-order valence-electron chi connectivity index (χ2n) is 9.96. The van der Waals surface area contributed by atoms with E-state index < -0.39 is 0 Å². The van der Waals surface area contributed by atoms with Gasteiger partial charge in [-0.15, -0.1) is 0 Å². The van der Waals surface area contributed by atoms with Crippen molar-refractivity contribution in [3.8, 4) is 11.1 Å². The molecule has 2 saturated heterocycles. The van der Waals surface area contributed by atoms with Crippen LogP contribution < -0.4 is 0 Å². The number of aliphatic hydroxyl groups excluding tert-OH is 1. The minimum absolute atomic E-state index is 0.000358. The fraction of sp³-hybridized carbons (Fsp3) is 0.444. The number of amides is 3. The van der Waals surface area contributed by atoms with Crippen molar-refractivity contribution < 1.29 is 19.5 Å². The number of carbonyl (C=O) groups excluding carboxylic acids is 3. The molecule has 3 fully saturated rings. The monoisotopic (exact) mass is 461 g/mol. The Kier molecular flexibility index (Phi) is 5.90. The summed E-state index contributed by atoms with van der Waals surface area (Å²) >= 11 is 0. The van der Waals surface area contributed by atoms with E-state index in [9.17, 15) is 19.5 Å². The number of aliphatic hydroxyl groups is 1. The number of piperazine rings is 1. The number of rotatable bonds is 6. The SMILES string of the molecule is CN(C)C(=O)c1ccc(-c2ccc([C@@H]3[C@@H](CO)N4C(=O)CN(C(=O)CC5CC5)C[C@H]34)cc2)cc1. The van der Waals surface area contributed by atoms with Gasteiger partial charge in [0.05, 0.1) is 25.2 Å². The molecule has 0 radical (unpaired) electrons. The van der Waals surface area contributed by atoms with Crippen molar-refractivity contribution in [1.82, 2.24) is 14.7 Å². The van der Waals surface area contributed by atoms with Crippen LogP contribution in [0.1, 0.15) is 41.1 Å². The van der Waals surface area contributed by atoms with Crippen LogP contribution in [0.4, 0.5) is 0 Å². The molecule has 7 heteroatoms. The summed E-state index contributed by atoms with van der Waals surface area (Å²) in [6.45, 7) is 0.560. The molecule has 0 unspecified atom stereocenters. The molecule has 2 aromatic rings. The van der Waals surface area contributed by atoms with Crippen molar-refractivity contribution in [3.05, 3.63) is 59.7 Å².